The molecular formula is C14H32N2+2. The van der Waals surface area contributed by atoms with Crippen LogP contribution >= 0.6 is 0 Å². The summed E-state index contributed by atoms with van der Waals surface area (Å²) < 4.78 is 2.73. The smallest absolute Gasteiger partial charge is 0.129 e. The highest BCUT2D eigenvalue weighted by atomic mass is 15.5. The lowest BCUT2D eigenvalue weighted by Crippen LogP contribution is -2.65. The van der Waals surface area contributed by atoms with Gasteiger partial charge in [-0.1, -0.05) is 20.8 Å². The van der Waals surface area contributed by atoms with Crippen molar-refractivity contribution in [1.29, 1.82) is 0 Å². The van der Waals surface area contributed by atoms with E-state index >= 15 is 0 Å². The highest BCUT2D eigenvalue weighted by Gasteiger charge is 2.37. The van der Waals surface area contributed by atoms with Crippen molar-refractivity contribution >= 4 is 0 Å². The van der Waals surface area contributed by atoms with Crippen LogP contribution in [0.25, 0.3) is 0 Å². The minimum Gasteiger partial charge on any atom is -0.317 e. The fourth-order valence-electron chi connectivity index (χ4n) is 3.40. The fraction of sp³-hybridized carbons (Fsp3) is 1.00. The predicted octanol–water partition coefficient (Wildman–Crippen LogP) is 2.49. The number of hydrogen-bond donors (Lipinski definition) is 0. The Bertz CT molecular complexity index is 185. The van der Waals surface area contributed by atoms with Gasteiger partial charge in [0.2, 0.25) is 0 Å². The molecule has 0 aromatic heterocycles. The zero-order valence-electron chi connectivity index (χ0n) is 12.0. The van der Waals surface area contributed by atoms with Crippen molar-refractivity contribution in [1.82, 2.24) is 0 Å². The molecule has 0 amide bonds. The summed E-state index contributed by atoms with van der Waals surface area (Å²) in [6.45, 7) is 16.8. The molecular weight excluding hydrogens is 196 g/mol. The lowest BCUT2D eigenvalue weighted by atomic mass is 10.1. The summed E-state index contributed by atoms with van der Waals surface area (Å²) in [6.07, 6.45) is 4.02. The van der Waals surface area contributed by atoms with Gasteiger partial charge in [-0.2, -0.15) is 0 Å². The summed E-state index contributed by atoms with van der Waals surface area (Å²) in [5.41, 5.74) is 0. The Morgan fingerprint density at radius 3 is 1.50 bits per heavy atom. The largest absolute Gasteiger partial charge is 0.317 e. The summed E-state index contributed by atoms with van der Waals surface area (Å²) >= 11 is 0. The van der Waals surface area contributed by atoms with E-state index in [0.717, 1.165) is 0 Å². The molecule has 2 heteroatoms. The molecule has 1 rings (SSSR count). The van der Waals surface area contributed by atoms with Gasteiger partial charge in [0.15, 0.2) is 0 Å². The first-order valence-corrected chi connectivity index (χ1v) is 7.28. The van der Waals surface area contributed by atoms with Crippen molar-refractivity contribution in [3.63, 3.8) is 0 Å². The van der Waals surface area contributed by atoms with E-state index in [1.54, 1.807) is 0 Å². The van der Waals surface area contributed by atoms with Gasteiger partial charge in [-0.25, -0.2) is 0 Å². The molecule has 0 atom stereocenters. The standard InChI is InChI=1S/C14H32N2/c1-5-8-15(4)11-13-16(9-6-2,10-7-3)14-12-15/h5-14H2,1-4H3/q+2. The van der Waals surface area contributed by atoms with Crippen molar-refractivity contribution < 1.29 is 8.97 Å². The highest BCUT2D eigenvalue weighted by Crippen LogP contribution is 2.19. The van der Waals surface area contributed by atoms with Gasteiger partial charge in [-0.15, -0.1) is 0 Å². The van der Waals surface area contributed by atoms with Gasteiger partial charge in [0.25, 0.3) is 0 Å². The molecule has 1 fully saturated rings. The molecule has 0 aromatic rings. The highest BCUT2D eigenvalue weighted by molar-refractivity contribution is 4.53. The van der Waals surface area contributed by atoms with Gasteiger partial charge in [0, 0.05) is 0 Å². The van der Waals surface area contributed by atoms with Crippen LogP contribution in [0.3, 0.4) is 0 Å². The van der Waals surface area contributed by atoms with Gasteiger partial charge >= 0.3 is 0 Å². The molecule has 96 valence electrons. The maximum Gasteiger partial charge on any atom is 0.129 e. The first-order chi connectivity index (χ1) is 7.60. The number of nitrogens with zero attached hydrogens (tertiary/aromatic N) is 2. The van der Waals surface area contributed by atoms with Crippen molar-refractivity contribution in [2.75, 3.05) is 52.9 Å². The van der Waals surface area contributed by atoms with Crippen LogP contribution in [-0.4, -0.2) is 61.8 Å². The first kappa shape index (κ1) is 14.0. The van der Waals surface area contributed by atoms with Gasteiger partial charge in [-0.3, -0.25) is 0 Å². The Morgan fingerprint density at radius 1 is 0.688 bits per heavy atom. The van der Waals surface area contributed by atoms with Gasteiger partial charge in [-0.05, 0) is 19.3 Å². The third-order valence-corrected chi connectivity index (χ3v) is 4.39. The number of quaternary nitrogens is 2. The number of likely N-dealkylation sites (N-methyl/N-ethyl adjacent to an activating group) is 1. The van der Waals surface area contributed by atoms with E-state index in [4.69, 9.17) is 0 Å². The quantitative estimate of drug-likeness (QED) is 0.613. The third kappa shape index (κ3) is 3.46. The number of piperazine rings is 1. The molecule has 0 bridgehead atoms. The average Bonchev–Trinajstić information content (AvgIpc) is 2.24. The molecule has 1 saturated heterocycles. The van der Waals surface area contributed by atoms with Gasteiger partial charge < -0.3 is 8.97 Å². The molecule has 0 N–H and O–H groups in total. The SMILES string of the molecule is CCC[N+]1(C)CC[N+](CCC)(CCC)CC1. The van der Waals surface area contributed by atoms with E-state index in [1.807, 2.05) is 0 Å². The summed E-state index contributed by atoms with van der Waals surface area (Å²) in [5.74, 6) is 0. The molecule has 0 unspecified atom stereocenters. The summed E-state index contributed by atoms with van der Waals surface area (Å²) in [5, 5.41) is 0. The Balaban J connectivity index is 2.54. The lowest BCUT2D eigenvalue weighted by molar-refractivity contribution is -1.02. The molecule has 2 nitrogen and oxygen atoms in total. The monoisotopic (exact) mass is 228 g/mol. The van der Waals surface area contributed by atoms with E-state index in [0.29, 0.717) is 0 Å². The Morgan fingerprint density at radius 2 is 1.12 bits per heavy atom. The van der Waals surface area contributed by atoms with E-state index in [1.165, 1.54) is 74.0 Å². The van der Waals surface area contributed by atoms with Crippen LogP contribution in [-0.2, 0) is 0 Å². The lowest BCUT2D eigenvalue weighted by Gasteiger charge is -2.48. The second-order valence-corrected chi connectivity index (χ2v) is 6.03. The minimum absolute atomic E-state index is 1.32. The molecule has 0 aromatic carbocycles. The Labute approximate surface area is 102 Å². The topological polar surface area (TPSA) is 0 Å². The molecule has 0 spiro atoms. The zero-order valence-corrected chi connectivity index (χ0v) is 12.0. The molecule has 1 aliphatic rings. The maximum absolute atomic E-state index is 2.45. The van der Waals surface area contributed by atoms with Crippen molar-refractivity contribution in [2.24, 2.45) is 0 Å². The van der Waals surface area contributed by atoms with Crippen LogP contribution in [0.1, 0.15) is 40.0 Å². The second-order valence-electron chi connectivity index (χ2n) is 6.03. The van der Waals surface area contributed by atoms with E-state index in [9.17, 15) is 0 Å². The number of rotatable bonds is 6. The van der Waals surface area contributed by atoms with Crippen LogP contribution in [0.2, 0.25) is 0 Å². The van der Waals surface area contributed by atoms with Gasteiger partial charge in [0.05, 0.1) is 26.7 Å². The van der Waals surface area contributed by atoms with Crippen molar-refractivity contribution in [3.05, 3.63) is 0 Å². The summed E-state index contributed by atoms with van der Waals surface area (Å²) in [7, 11) is 2.45. The van der Waals surface area contributed by atoms with Crippen LogP contribution in [0.4, 0.5) is 0 Å². The number of hydrogen-bond acceptors (Lipinski definition) is 0. The molecule has 1 aliphatic heterocycles. The van der Waals surface area contributed by atoms with Crippen LogP contribution in [0.5, 0.6) is 0 Å². The summed E-state index contributed by atoms with van der Waals surface area (Å²) in [4.78, 5) is 0. The van der Waals surface area contributed by atoms with Crippen LogP contribution < -0.4 is 0 Å². The first-order valence-electron chi connectivity index (χ1n) is 7.28. The van der Waals surface area contributed by atoms with E-state index in [-0.39, 0.29) is 0 Å². The molecule has 0 aliphatic carbocycles. The van der Waals surface area contributed by atoms with Crippen molar-refractivity contribution in [2.45, 2.75) is 40.0 Å². The summed E-state index contributed by atoms with van der Waals surface area (Å²) in [6, 6.07) is 0. The second kappa shape index (κ2) is 6.02. The predicted molar refractivity (Wildman–Crippen MR) is 71.4 cm³/mol. The molecule has 0 radical (unpaired) electrons. The molecule has 0 saturated carbocycles. The normalized spacial score (nSPS) is 23.2. The minimum atomic E-state index is 1.32. The van der Waals surface area contributed by atoms with Crippen LogP contribution in [0, 0.1) is 0 Å². The average molecular weight is 228 g/mol. The Hall–Kier alpha value is -0.0800. The molecule has 16 heavy (non-hydrogen) atoms. The zero-order chi connectivity index (χ0) is 12.1. The maximum atomic E-state index is 2.45. The molecule has 1 heterocycles. The third-order valence-electron chi connectivity index (χ3n) is 4.39. The van der Waals surface area contributed by atoms with Gasteiger partial charge in [0.1, 0.15) is 26.2 Å². The van der Waals surface area contributed by atoms with E-state index in [2.05, 4.69) is 27.8 Å². The van der Waals surface area contributed by atoms with E-state index < -0.39 is 0 Å². The van der Waals surface area contributed by atoms with Crippen molar-refractivity contribution in [3.8, 4) is 0 Å². The van der Waals surface area contributed by atoms with Crippen LogP contribution in [0.15, 0.2) is 0 Å². The fourth-order valence-corrected chi connectivity index (χ4v) is 3.40. The Kier molecular flexibility index (Phi) is 5.26.